The summed E-state index contributed by atoms with van der Waals surface area (Å²) in [5.74, 6) is 0. The number of amides is 1. The molecule has 2 rings (SSSR count). The molecule has 0 saturated carbocycles. The van der Waals surface area contributed by atoms with Crippen LogP contribution in [0.4, 0.5) is 0 Å². The zero-order valence-electron chi connectivity index (χ0n) is 10.4. The smallest absolute Gasteiger partial charge is 0.207 e. The van der Waals surface area contributed by atoms with Crippen LogP contribution in [0.1, 0.15) is 15.9 Å². The largest absolute Gasteiger partial charge is 0.355 e. The van der Waals surface area contributed by atoms with Crippen LogP contribution < -0.4 is 5.32 Å². The molecule has 6 heteroatoms. The molecule has 1 aromatic carbocycles. The molecular formula is C14H11ClN2O2S. The second-order valence-corrected chi connectivity index (χ2v) is 5.25. The van der Waals surface area contributed by atoms with Crippen molar-refractivity contribution in [3.8, 4) is 0 Å². The van der Waals surface area contributed by atoms with Crippen molar-refractivity contribution >= 4 is 36.1 Å². The zero-order valence-corrected chi connectivity index (χ0v) is 11.9. The number of aldehydes is 1. The van der Waals surface area contributed by atoms with Gasteiger partial charge in [0, 0.05) is 23.2 Å². The fraction of sp³-hybridized carbons (Fsp3) is 0.0714. The van der Waals surface area contributed by atoms with Crippen LogP contribution in [-0.4, -0.2) is 17.7 Å². The van der Waals surface area contributed by atoms with Crippen molar-refractivity contribution in [3.63, 3.8) is 0 Å². The number of hydrogen-bond acceptors (Lipinski definition) is 4. The van der Waals surface area contributed by atoms with Gasteiger partial charge in [-0.25, -0.2) is 4.98 Å². The summed E-state index contributed by atoms with van der Waals surface area (Å²) in [6.07, 6.45) is 3.01. The molecule has 4 nitrogen and oxygen atoms in total. The van der Waals surface area contributed by atoms with Gasteiger partial charge in [0.1, 0.15) is 5.03 Å². The summed E-state index contributed by atoms with van der Waals surface area (Å²) < 4.78 is 0. The van der Waals surface area contributed by atoms with E-state index in [2.05, 4.69) is 10.3 Å². The Labute approximate surface area is 125 Å². The Morgan fingerprint density at radius 3 is 2.85 bits per heavy atom. The van der Waals surface area contributed by atoms with Crippen LogP contribution in [0.15, 0.2) is 46.5 Å². The van der Waals surface area contributed by atoms with E-state index in [-0.39, 0.29) is 0 Å². The Hall–Kier alpha value is -1.85. The van der Waals surface area contributed by atoms with Gasteiger partial charge < -0.3 is 5.32 Å². The Balaban J connectivity index is 2.36. The second kappa shape index (κ2) is 7.07. The predicted octanol–water partition coefficient (Wildman–Crippen LogP) is 2.94. The first-order valence-electron chi connectivity index (χ1n) is 5.78. The van der Waals surface area contributed by atoms with E-state index in [1.165, 1.54) is 11.8 Å². The summed E-state index contributed by atoms with van der Waals surface area (Å²) in [5.41, 5.74) is 1.38. The first-order chi connectivity index (χ1) is 9.76. The normalized spacial score (nSPS) is 10.1. The first-order valence-corrected chi connectivity index (χ1v) is 6.98. The fourth-order valence-electron chi connectivity index (χ4n) is 1.63. The minimum absolute atomic E-state index is 0.371. The van der Waals surface area contributed by atoms with Crippen LogP contribution in [0.25, 0.3) is 0 Å². The summed E-state index contributed by atoms with van der Waals surface area (Å²) in [7, 11) is 0. The molecule has 1 N–H and O–H groups in total. The third kappa shape index (κ3) is 3.37. The van der Waals surface area contributed by atoms with Crippen LogP contribution >= 0.6 is 23.4 Å². The van der Waals surface area contributed by atoms with Crippen LogP contribution in [0.5, 0.6) is 0 Å². The molecule has 0 aliphatic carbocycles. The molecule has 0 radical (unpaired) electrons. The Kier molecular flexibility index (Phi) is 5.15. The maximum Gasteiger partial charge on any atom is 0.207 e. The fourth-order valence-corrected chi connectivity index (χ4v) is 2.92. The molecule has 0 saturated heterocycles. The van der Waals surface area contributed by atoms with Crippen molar-refractivity contribution in [1.82, 2.24) is 10.3 Å². The van der Waals surface area contributed by atoms with Gasteiger partial charge in [0.2, 0.25) is 6.41 Å². The van der Waals surface area contributed by atoms with Crippen molar-refractivity contribution in [2.24, 2.45) is 0 Å². The second-order valence-electron chi connectivity index (χ2n) is 3.84. The molecule has 1 amide bonds. The third-order valence-electron chi connectivity index (χ3n) is 2.55. The summed E-state index contributed by atoms with van der Waals surface area (Å²) in [6.45, 7) is 0.371. The molecule has 1 aromatic heterocycles. The molecule has 20 heavy (non-hydrogen) atoms. The van der Waals surface area contributed by atoms with Crippen LogP contribution in [0, 0.1) is 0 Å². The van der Waals surface area contributed by atoms with E-state index in [1.807, 2.05) is 12.1 Å². The average molecular weight is 307 g/mol. The number of nitrogens with zero attached hydrogens (tertiary/aromatic N) is 1. The highest BCUT2D eigenvalue weighted by Crippen LogP contribution is 2.36. The van der Waals surface area contributed by atoms with E-state index < -0.39 is 0 Å². The average Bonchev–Trinajstić information content (AvgIpc) is 2.48. The topological polar surface area (TPSA) is 59.1 Å². The number of halogens is 1. The van der Waals surface area contributed by atoms with Crippen molar-refractivity contribution in [2.45, 2.75) is 16.5 Å². The molecule has 102 valence electrons. The zero-order chi connectivity index (χ0) is 14.4. The molecule has 0 aliphatic heterocycles. The first kappa shape index (κ1) is 14.6. The molecule has 0 aliphatic rings. The summed E-state index contributed by atoms with van der Waals surface area (Å²) in [6, 6.07) is 8.84. The summed E-state index contributed by atoms with van der Waals surface area (Å²) in [4.78, 5) is 26.4. The van der Waals surface area contributed by atoms with Crippen molar-refractivity contribution in [2.75, 3.05) is 0 Å². The lowest BCUT2D eigenvalue weighted by Crippen LogP contribution is -2.10. The van der Waals surface area contributed by atoms with Gasteiger partial charge in [-0.05, 0) is 23.8 Å². The van der Waals surface area contributed by atoms with Gasteiger partial charge in [0.25, 0.3) is 0 Å². The lowest BCUT2D eigenvalue weighted by atomic mass is 10.2. The maximum atomic E-state index is 11.0. The summed E-state index contributed by atoms with van der Waals surface area (Å²) >= 11 is 7.51. The molecule has 0 unspecified atom stereocenters. The van der Waals surface area contributed by atoms with Gasteiger partial charge in [-0.15, -0.1) is 0 Å². The highest BCUT2D eigenvalue weighted by molar-refractivity contribution is 7.99. The van der Waals surface area contributed by atoms with Gasteiger partial charge in [-0.2, -0.15) is 0 Å². The van der Waals surface area contributed by atoms with E-state index in [0.29, 0.717) is 28.6 Å². The van der Waals surface area contributed by atoms with E-state index in [4.69, 9.17) is 11.6 Å². The number of aromatic nitrogens is 1. The highest BCUT2D eigenvalue weighted by Gasteiger charge is 2.12. The van der Waals surface area contributed by atoms with E-state index in [0.717, 1.165) is 16.7 Å². The molecule has 0 bridgehead atoms. The number of pyridine rings is 1. The van der Waals surface area contributed by atoms with Crippen molar-refractivity contribution in [1.29, 1.82) is 0 Å². The van der Waals surface area contributed by atoms with E-state index in [1.54, 1.807) is 24.4 Å². The number of nitrogens with one attached hydrogen (secondary N) is 1. The SMILES string of the molecule is O=CNCc1cccc(Cl)c1Sc1ncccc1C=O. The van der Waals surface area contributed by atoms with Crippen molar-refractivity contribution in [3.05, 3.63) is 52.7 Å². The van der Waals surface area contributed by atoms with Gasteiger partial charge >= 0.3 is 0 Å². The standard InChI is InChI=1S/C14H11ClN2O2S/c15-12-5-1-3-10(7-16-9-19)13(12)20-14-11(8-18)4-2-6-17-14/h1-6,8-9H,7H2,(H,16,19). The Bertz CT molecular complexity index is 634. The Morgan fingerprint density at radius 2 is 2.10 bits per heavy atom. The predicted molar refractivity (Wildman–Crippen MR) is 78.1 cm³/mol. The molecule has 2 aromatic rings. The third-order valence-corrected chi connectivity index (χ3v) is 4.20. The van der Waals surface area contributed by atoms with Gasteiger partial charge in [0.05, 0.1) is 5.02 Å². The number of hydrogen-bond donors (Lipinski definition) is 1. The maximum absolute atomic E-state index is 11.0. The molecule has 1 heterocycles. The summed E-state index contributed by atoms with van der Waals surface area (Å²) in [5, 5.41) is 3.75. The minimum Gasteiger partial charge on any atom is -0.355 e. The van der Waals surface area contributed by atoms with E-state index in [9.17, 15) is 9.59 Å². The number of carbonyl (C=O) groups excluding carboxylic acids is 2. The molecular weight excluding hydrogens is 296 g/mol. The number of benzene rings is 1. The van der Waals surface area contributed by atoms with Crippen molar-refractivity contribution < 1.29 is 9.59 Å². The van der Waals surface area contributed by atoms with Crippen LogP contribution in [0.2, 0.25) is 5.02 Å². The van der Waals surface area contributed by atoms with E-state index >= 15 is 0 Å². The van der Waals surface area contributed by atoms with Crippen LogP contribution in [-0.2, 0) is 11.3 Å². The molecule has 0 atom stereocenters. The highest BCUT2D eigenvalue weighted by atomic mass is 35.5. The van der Waals surface area contributed by atoms with Gasteiger partial charge in [-0.3, -0.25) is 9.59 Å². The van der Waals surface area contributed by atoms with Gasteiger partial charge in [-0.1, -0.05) is 35.5 Å². The molecule has 0 spiro atoms. The number of rotatable bonds is 6. The van der Waals surface area contributed by atoms with Gasteiger partial charge in [0.15, 0.2) is 6.29 Å². The lowest BCUT2D eigenvalue weighted by Gasteiger charge is -2.11. The lowest BCUT2D eigenvalue weighted by molar-refractivity contribution is -0.109. The minimum atomic E-state index is 0.371. The number of carbonyl (C=O) groups is 2. The Morgan fingerprint density at radius 1 is 1.25 bits per heavy atom. The monoisotopic (exact) mass is 306 g/mol. The molecule has 0 fully saturated rings. The quantitative estimate of drug-likeness (QED) is 0.834. The van der Waals surface area contributed by atoms with Crippen LogP contribution in [0.3, 0.4) is 0 Å².